The predicted molar refractivity (Wildman–Crippen MR) is 74.2 cm³/mol. The zero-order chi connectivity index (χ0) is 12.3. The topological polar surface area (TPSA) is 38.0 Å². The molecule has 1 saturated carbocycles. The molecule has 0 spiro atoms. The number of hydrogen-bond donors (Lipinski definition) is 2. The van der Waals surface area contributed by atoms with Crippen molar-refractivity contribution < 1.29 is 0 Å². The minimum Gasteiger partial charge on any atom is -0.378 e. The van der Waals surface area contributed by atoms with Gasteiger partial charge in [-0.15, -0.1) is 0 Å². The maximum atomic E-state index is 6.04. The second-order valence-electron chi connectivity index (χ2n) is 5.63. The Labute approximate surface area is 105 Å². The Bertz CT molecular complexity index is 375. The molecule has 2 unspecified atom stereocenters. The zero-order valence-corrected chi connectivity index (χ0v) is 11.0. The van der Waals surface area contributed by atoms with Gasteiger partial charge >= 0.3 is 0 Å². The van der Waals surface area contributed by atoms with Crippen LogP contribution in [0, 0.1) is 12.8 Å². The SMILES string of the molecule is Cc1ccccc1NC1(CN)CCCC(C)C1. The summed E-state index contributed by atoms with van der Waals surface area (Å²) in [5.41, 5.74) is 8.70. The Morgan fingerprint density at radius 3 is 2.82 bits per heavy atom. The summed E-state index contributed by atoms with van der Waals surface area (Å²) in [5.74, 6) is 0.781. The highest BCUT2D eigenvalue weighted by Crippen LogP contribution is 2.34. The number of para-hydroxylation sites is 1. The van der Waals surface area contributed by atoms with E-state index in [9.17, 15) is 0 Å². The molecular weight excluding hydrogens is 208 g/mol. The minimum atomic E-state index is 0.115. The monoisotopic (exact) mass is 232 g/mol. The van der Waals surface area contributed by atoms with Gasteiger partial charge in [0.1, 0.15) is 0 Å². The van der Waals surface area contributed by atoms with Crippen LogP contribution in [0.1, 0.15) is 38.2 Å². The van der Waals surface area contributed by atoms with Crippen LogP contribution in [0.3, 0.4) is 0 Å². The van der Waals surface area contributed by atoms with Crippen molar-refractivity contribution in [3.63, 3.8) is 0 Å². The third-order valence-electron chi connectivity index (χ3n) is 4.03. The predicted octanol–water partition coefficient (Wildman–Crippen LogP) is 3.31. The Morgan fingerprint density at radius 1 is 1.41 bits per heavy atom. The molecule has 17 heavy (non-hydrogen) atoms. The number of benzene rings is 1. The van der Waals surface area contributed by atoms with Gasteiger partial charge in [0.15, 0.2) is 0 Å². The van der Waals surface area contributed by atoms with Gasteiger partial charge in [0.05, 0.1) is 0 Å². The lowest BCUT2D eigenvalue weighted by Gasteiger charge is -2.41. The summed E-state index contributed by atoms with van der Waals surface area (Å²) in [6.07, 6.45) is 5.02. The summed E-state index contributed by atoms with van der Waals surface area (Å²) >= 11 is 0. The molecule has 0 aliphatic heterocycles. The summed E-state index contributed by atoms with van der Waals surface area (Å²) in [5, 5.41) is 3.72. The fraction of sp³-hybridized carbons (Fsp3) is 0.600. The van der Waals surface area contributed by atoms with Crippen LogP contribution in [0.4, 0.5) is 5.69 Å². The number of aryl methyl sites for hydroxylation is 1. The van der Waals surface area contributed by atoms with E-state index >= 15 is 0 Å². The standard InChI is InChI=1S/C15H24N2/c1-12-6-5-9-15(10-12,11-16)17-14-8-4-3-7-13(14)2/h3-4,7-8,12,17H,5-6,9-11,16H2,1-2H3. The lowest BCUT2D eigenvalue weighted by molar-refractivity contribution is 0.264. The van der Waals surface area contributed by atoms with Crippen molar-refractivity contribution in [1.82, 2.24) is 0 Å². The lowest BCUT2D eigenvalue weighted by Crippen LogP contribution is -2.48. The van der Waals surface area contributed by atoms with Crippen molar-refractivity contribution in [3.8, 4) is 0 Å². The molecule has 2 heteroatoms. The van der Waals surface area contributed by atoms with Crippen LogP contribution in [0.15, 0.2) is 24.3 Å². The van der Waals surface area contributed by atoms with Crippen molar-refractivity contribution in [1.29, 1.82) is 0 Å². The van der Waals surface area contributed by atoms with Crippen LogP contribution in [0.25, 0.3) is 0 Å². The quantitative estimate of drug-likeness (QED) is 0.839. The van der Waals surface area contributed by atoms with E-state index in [4.69, 9.17) is 5.73 Å². The lowest BCUT2D eigenvalue weighted by atomic mass is 9.76. The molecule has 0 aromatic heterocycles. The van der Waals surface area contributed by atoms with E-state index in [1.165, 1.54) is 36.9 Å². The third kappa shape index (κ3) is 2.81. The van der Waals surface area contributed by atoms with Crippen molar-refractivity contribution in [2.75, 3.05) is 11.9 Å². The van der Waals surface area contributed by atoms with Crippen molar-refractivity contribution >= 4 is 5.69 Å². The zero-order valence-electron chi connectivity index (χ0n) is 11.0. The molecule has 0 bridgehead atoms. The smallest absolute Gasteiger partial charge is 0.0498 e. The van der Waals surface area contributed by atoms with Gasteiger partial charge in [-0.25, -0.2) is 0 Å². The molecule has 1 fully saturated rings. The summed E-state index contributed by atoms with van der Waals surface area (Å²) in [6.45, 7) is 5.22. The van der Waals surface area contributed by atoms with E-state index in [1.807, 2.05) is 0 Å². The molecule has 1 aliphatic carbocycles. The number of hydrogen-bond acceptors (Lipinski definition) is 2. The molecular formula is C15H24N2. The highest BCUT2D eigenvalue weighted by atomic mass is 15.0. The van der Waals surface area contributed by atoms with E-state index in [2.05, 4.69) is 43.4 Å². The first-order valence-corrected chi connectivity index (χ1v) is 6.69. The highest BCUT2D eigenvalue weighted by Gasteiger charge is 2.33. The molecule has 0 radical (unpaired) electrons. The van der Waals surface area contributed by atoms with E-state index in [0.29, 0.717) is 0 Å². The average molecular weight is 232 g/mol. The third-order valence-corrected chi connectivity index (χ3v) is 4.03. The van der Waals surface area contributed by atoms with E-state index < -0.39 is 0 Å². The first-order valence-electron chi connectivity index (χ1n) is 6.69. The minimum absolute atomic E-state index is 0.115. The van der Waals surface area contributed by atoms with E-state index in [0.717, 1.165) is 12.5 Å². The normalized spacial score (nSPS) is 29.0. The van der Waals surface area contributed by atoms with Gasteiger partial charge in [0.25, 0.3) is 0 Å². The molecule has 3 N–H and O–H groups in total. The number of nitrogens with two attached hydrogens (primary N) is 1. The maximum absolute atomic E-state index is 6.04. The van der Waals surface area contributed by atoms with Gasteiger partial charge in [-0.3, -0.25) is 0 Å². The molecule has 0 amide bonds. The molecule has 1 aromatic carbocycles. The van der Waals surface area contributed by atoms with Gasteiger partial charge in [-0.2, -0.15) is 0 Å². The van der Waals surface area contributed by atoms with E-state index in [1.54, 1.807) is 0 Å². The average Bonchev–Trinajstić information content (AvgIpc) is 2.32. The number of anilines is 1. The molecule has 0 heterocycles. The van der Waals surface area contributed by atoms with Gasteiger partial charge < -0.3 is 11.1 Å². The molecule has 1 aliphatic rings. The Kier molecular flexibility index (Phi) is 3.72. The fourth-order valence-corrected chi connectivity index (χ4v) is 3.01. The fourth-order valence-electron chi connectivity index (χ4n) is 3.01. The summed E-state index contributed by atoms with van der Waals surface area (Å²) in [4.78, 5) is 0. The van der Waals surface area contributed by atoms with Crippen LogP contribution in [-0.2, 0) is 0 Å². The van der Waals surface area contributed by atoms with Gasteiger partial charge in [0, 0.05) is 17.8 Å². The maximum Gasteiger partial charge on any atom is 0.0498 e. The second kappa shape index (κ2) is 5.09. The van der Waals surface area contributed by atoms with E-state index in [-0.39, 0.29) is 5.54 Å². The second-order valence-corrected chi connectivity index (χ2v) is 5.63. The molecule has 2 nitrogen and oxygen atoms in total. The van der Waals surface area contributed by atoms with Crippen LogP contribution >= 0.6 is 0 Å². The van der Waals surface area contributed by atoms with Crippen LogP contribution in [-0.4, -0.2) is 12.1 Å². The molecule has 0 saturated heterocycles. The summed E-state index contributed by atoms with van der Waals surface area (Å²) in [6, 6.07) is 8.48. The molecule has 94 valence electrons. The Balaban J connectivity index is 2.17. The first kappa shape index (κ1) is 12.4. The van der Waals surface area contributed by atoms with Crippen molar-refractivity contribution in [3.05, 3.63) is 29.8 Å². The largest absolute Gasteiger partial charge is 0.378 e. The van der Waals surface area contributed by atoms with Crippen LogP contribution < -0.4 is 11.1 Å². The van der Waals surface area contributed by atoms with Gasteiger partial charge in [-0.1, -0.05) is 38.0 Å². The van der Waals surface area contributed by atoms with Crippen molar-refractivity contribution in [2.24, 2.45) is 11.7 Å². The summed E-state index contributed by atoms with van der Waals surface area (Å²) in [7, 11) is 0. The molecule has 2 rings (SSSR count). The van der Waals surface area contributed by atoms with Crippen LogP contribution in [0.2, 0.25) is 0 Å². The van der Waals surface area contributed by atoms with Gasteiger partial charge in [-0.05, 0) is 37.3 Å². The number of rotatable bonds is 3. The van der Waals surface area contributed by atoms with Gasteiger partial charge in [0.2, 0.25) is 0 Å². The Hall–Kier alpha value is -1.02. The van der Waals surface area contributed by atoms with Crippen LogP contribution in [0.5, 0.6) is 0 Å². The molecule has 2 atom stereocenters. The highest BCUT2D eigenvalue weighted by molar-refractivity contribution is 5.52. The molecule has 1 aromatic rings. The Morgan fingerprint density at radius 2 is 2.18 bits per heavy atom. The number of nitrogens with one attached hydrogen (secondary N) is 1. The van der Waals surface area contributed by atoms with Crippen molar-refractivity contribution in [2.45, 2.75) is 45.1 Å². The first-order chi connectivity index (χ1) is 8.15. The summed E-state index contributed by atoms with van der Waals surface area (Å²) < 4.78 is 0.